The summed E-state index contributed by atoms with van der Waals surface area (Å²) in [5.41, 5.74) is 2.41. The number of fused-ring (bicyclic) bond motifs is 1. The minimum atomic E-state index is -0.284. The van der Waals surface area contributed by atoms with Gasteiger partial charge in [-0.2, -0.15) is 0 Å². The van der Waals surface area contributed by atoms with Crippen molar-refractivity contribution in [2.45, 2.75) is 12.5 Å². The predicted molar refractivity (Wildman–Crippen MR) is 69.8 cm³/mol. The average molecular weight is 262 g/mol. The number of esters is 1. The molecule has 0 aliphatic carbocycles. The molecule has 1 aromatic carbocycles. The second-order valence-electron chi connectivity index (χ2n) is 4.01. The Kier molecular flexibility index (Phi) is 3.63. The van der Waals surface area contributed by atoms with E-state index in [0.29, 0.717) is 12.0 Å². The van der Waals surface area contributed by atoms with E-state index in [1.165, 1.54) is 0 Å². The molecule has 92 valence electrons. The van der Waals surface area contributed by atoms with E-state index in [4.69, 9.17) is 4.74 Å². The molecule has 2 heterocycles. The third-order valence-electron chi connectivity index (χ3n) is 2.91. The number of pyridine rings is 1. The van der Waals surface area contributed by atoms with Crippen molar-refractivity contribution < 1.29 is 9.53 Å². The number of cyclic esters (lactones) is 1. The second-order valence-corrected chi connectivity index (χ2v) is 4.01. The van der Waals surface area contributed by atoms with Crippen LogP contribution in [0.2, 0.25) is 0 Å². The van der Waals surface area contributed by atoms with Crippen LogP contribution in [0.3, 0.4) is 0 Å². The van der Waals surface area contributed by atoms with E-state index in [0.717, 1.165) is 11.3 Å². The van der Waals surface area contributed by atoms with Crippen LogP contribution in [0.25, 0.3) is 0 Å². The van der Waals surface area contributed by atoms with Crippen LogP contribution in [0.4, 0.5) is 0 Å². The first kappa shape index (κ1) is 12.6. The summed E-state index contributed by atoms with van der Waals surface area (Å²) in [6.07, 6.45) is 2.14. The number of nitrogens with zero attached hydrogens (tertiary/aromatic N) is 1. The molecule has 4 heteroatoms. The standard InChI is InChI=1S/C14H11NO2.ClH/c16-14-11-7-4-8-15-12(11)9-13(17-14)10-5-2-1-3-6-10;/h1-8,13H,9H2;1H. The number of hydrogen-bond donors (Lipinski definition) is 0. The van der Waals surface area contributed by atoms with Gasteiger partial charge in [0.15, 0.2) is 0 Å². The second kappa shape index (κ2) is 5.19. The Labute approximate surface area is 111 Å². The van der Waals surface area contributed by atoms with Gasteiger partial charge in [-0.05, 0) is 17.7 Å². The lowest BCUT2D eigenvalue weighted by atomic mass is 9.99. The molecule has 0 saturated heterocycles. The highest BCUT2D eigenvalue weighted by Crippen LogP contribution is 2.28. The molecule has 0 bridgehead atoms. The van der Waals surface area contributed by atoms with Crippen molar-refractivity contribution in [1.82, 2.24) is 4.98 Å². The number of rotatable bonds is 1. The molecular formula is C14H12ClNO2. The highest BCUT2D eigenvalue weighted by atomic mass is 35.5. The summed E-state index contributed by atoms with van der Waals surface area (Å²) in [6, 6.07) is 13.3. The van der Waals surface area contributed by atoms with Gasteiger partial charge in [-0.25, -0.2) is 4.79 Å². The lowest BCUT2D eigenvalue weighted by molar-refractivity contribution is 0.0248. The van der Waals surface area contributed by atoms with E-state index < -0.39 is 0 Å². The quantitative estimate of drug-likeness (QED) is 0.741. The predicted octanol–water partition coefficient (Wildman–Crippen LogP) is 2.96. The van der Waals surface area contributed by atoms with Gasteiger partial charge in [0.1, 0.15) is 6.10 Å². The van der Waals surface area contributed by atoms with E-state index >= 15 is 0 Å². The van der Waals surface area contributed by atoms with E-state index in [9.17, 15) is 4.79 Å². The van der Waals surface area contributed by atoms with Crippen LogP contribution in [0.1, 0.15) is 27.7 Å². The van der Waals surface area contributed by atoms with Crippen LogP contribution >= 0.6 is 12.4 Å². The maximum absolute atomic E-state index is 11.8. The number of ether oxygens (including phenoxy) is 1. The van der Waals surface area contributed by atoms with Crippen LogP contribution in [-0.2, 0) is 11.2 Å². The van der Waals surface area contributed by atoms with E-state index in [1.807, 2.05) is 30.3 Å². The van der Waals surface area contributed by atoms with Gasteiger partial charge < -0.3 is 4.74 Å². The monoisotopic (exact) mass is 261 g/mol. The van der Waals surface area contributed by atoms with Crippen molar-refractivity contribution in [3.8, 4) is 0 Å². The average Bonchev–Trinajstić information content (AvgIpc) is 2.40. The first-order chi connectivity index (χ1) is 8.34. The topological polar surface area (TPSA) is 39.2 Å². The molecule has 3 nitrogen and oxygen atoms in total. The van der Waals surface area contributed by atoms with Crippen molar-refractivity contribution in [2.75, 3.05) is 0 Å². The Bertz CT molecular complexity index is 557. The van der Waals surface area contributed by atoms with Gasteiger partial charge in [-0.3, -0.25) is 4.98 Å². The first-order valence-corrected chi connectivity index (χ1v) is 5.54. The molecule has 0 spiro atoms. The van der Waals surface area contributed by atoms with Crippen LogP contribution in [-0.4, -0.2) is 11.0 Å². The maximum Gasteiger partial charge on any atom is 0.340 e. The van der Waals surface area contributed by atoms with E-state index in [-0.39, 0.29) is 24.5 Å². The zero-order chi connectivity index (χ0) is 11.7. The minimum absolute atomic E-state index is 0. The fourth-order valence-corrected chi connectivity index (χ4v) is 2.05. The maximum atomic E-state index is 11.8. The number of benzene rings is 1. The van der Waals surface area contributed by atoms with Crippen LogP contribution in [0.15, 0.2) is 48.7 Å². The molecule has 2 aromatic rings. The molecule has 18 heavy (non-hydrogen) atoms. The zero-order valence-corrected chi connectivity index (χ0v) is 10.4. The summed E-state index contributed by atoms with van der Waals surface area (Å²) < 4.78 is 5.42. The van der Waals surface area contributed by atoms with Gasteiger partial charge in [0.2, 0.25) is 0 Å². The Balaban J connectivity index is 0.00000120. The molecule has 1 unspecified atom stereocenters. The fraction of sp³-hybridized carbons (Fsp3) is 0.143. The van der Waals surface area contributed by atoms with Crippen molar-refractivity contribution >= 4 is 18.4 Å². The molecule has 3 rings (SSSR count). The Hall–Kier alpha value is -1.87. The number of carbonyl (C=O) groups is 1. The van der Waals surface area contributed by atoms with Crippen molar-refractivity contribution in [2.24, 2.45) is 0 Å². The number of aromatic nitrogens is 1. The fourth-order valence-electron chi connectivity index (χ4n) is 2.05. The van der Waals surface area contributed by atoms with Crippen LogP contribution in [0, 0.1) is 0 Å². The largest absolute Gasteiger partial charge is 0.453 e. The Morgan fingerprint density at radius 2 is 1.89 bits per heavy atom. The molecule has 0 saturated carbocycles. The normalized spacial score (nSPS) is 17.3. The molecule has 0 fully saturated rings. The highest BCUT2D eigenvalue weighted by Gasteiger charge is 2.27. The van der Waals surface area contributed by atoms with Gasteiger partial charge in [-0.1, -0.05) is 30.3 Å². The summed E-state index contributed by atoms with van der Waals surface area (Å²) in [5.74, 6) is -0.284. The van der Waals surface area contributed by atoms with Crippen LogP contribution in [0.5, 0.6) is 0 Å². The molecule has 0 radical (unpaired) electrons. The van der Waals surface area contributed by atoms with Gasteiger partial charge in [0.05, 0.1) is 11.3 Å². The van der Waals surface area contributed by atoms with Crippen molar-refractivity contribution in [3.05, 3.63) is 65.5 Å². The minimum Gasteiger partial charge on any atom is -0.453 e. The molecule has 1 aliphatic heterocycles. The van der Waals surface area contributed by atoms with Gasteiger partial charge in [-0.15, -0.1) is 12.4 Å². The van der Waals surface area contributed by atoms with Crippen molar-refractivity contribution in [1.29, 1.82) is 0 Å². The number of carbonyl (C=O) groups excluding carboxylic acids is 1. The summed E-state index contributed by atoms with van der Waals surface area (Å²) >= 11 is 0. The molecule has 0 amide bonds. The zero-order valence-electron chi connectivity index (χ0n) is 9.58. The van der Waals surface area contributed by atoms with E-state index in [1.54, 1.807) is 18.3 Å². The lowest BCUT2D eigenvalue weighted by Gasteiger charge is -2.23. The Morgan fingerprint density at radius 3 is 2.67 bits per heavy atom. The number of halogens is 1. The molecule has 0 N–H and O–H groups in total. The Morgan fingerprint density at radius 1 is 1.11 bits per heavy atom. The molecular weight excluding hydrogens is 250 g/mol. The van der Waals surface area contributed by atoms with Gasteiger partial charge in [0.25, 0.3) is 0 Å². The number of hydrogen-bond acceptors (Lipinski definition) is 3. The van der Waals surface area contributed by atoms with Gasteiger partial charge in [0, 0.05) is 12.6 Å². The van der Waals surface area contributed by atoms with Crippen LogP contribution < -0.4 is 0 Å². The smallest absolute Gasteiger partial charge is 0.340 e. The highest BCUT2D eigenvalue weighted by molar-refractivity contribution is 5.91. The first-order valence-electron chi connectivity index (χ1n) is 5.54. The summed E-state index contributed by atoms with van der Waals surface area (Å²) in [6.45, 7) is 0. The summed E-state index contributed by atoms with van der Waals surface area (Å²) in [4.78, 5) is 16.1. The van der Waals surface area contributed by atoms with Gasteiger partial charge >= 0.3 is 5.97 Å². The van der Waals surface area contributed by atoms with Crippen molar-refractivity contribution in [3.63, 3.8) is 0 Å². The van der Waals surface area contributed by atoms with E-state index in [2.05, 4.69) is 4.98 Å². The third kappa shape index (κ3) is 2.22. The summed E-state index contributed by atoms with van der Waals surface area (Å²) in [7, 11) is 0. The SMILES string of the molecule is Cl.O=C1OC(c2ccccc2)Cc2ncccc21. The third-order valence-corrected chi connectivity index (χ3v) is 2.91. The lowest BCUT2D eigenvalue weighted by Crippen LogP contribution is -2.22. The molecule has 1 aliphatic rings. The molecule has 1 aromatic heterocycles. The summed E-state index contributed by atoms with van der Waals surface area (Å²) in [5, 5.41) is 0. The molecule has 1 atom stereocenters.